The van der Waals surface area contributed by atoms with Crippen molar-refractivity contribution < 1.29 is 15.0 Å². The summed E-state index contributed by atoms with van der Waals surface area (Å²) in [4.78, 5) is 10.4. The molecule has 60 valence electrons. The third-order valence-electron chi connectivity index (χ3n) is 1.38. The van der Waals surface area contributed by atoms with Crippen LogP contribution in [-0.4, -0.2) is 27.6 Å². The Labute approximate surface area is 68.2 Å². The minimum absolute atomic E-state index is 0.317. The lowest BCUT2D eigenvalue weighted by Gasteiger charge is -2.13. The van der Waals surface area contributed by atoms with E-state index in [1.165, 1.54) is 0 Å². The predicted octanol–water partition coefficient (Wildman–Crippen LogP) is 0.853. The van der Waals surface area contributed by atoms with Gasteiger partial charge in [-0.2, -0.15) is 0 Å². The first kappa shape index (κ1) is 9.91. The van der Waals surface area contributed by atoms with Crippen molar-refractivity contribution >= 4 is 21.9 Å². The summed E-state index contributed by atoms with van der Waals surface area (Å²) in [5, 5.41) is 17.9. The fourth-order valence-corrected chi connectivity index (χ4v) is 1.17. The molecule has 0 heterocycles. The fraction of sp³-hybridized carbons (Fsp3) is 0.833. The summed E-state index contributed by atoms with van der Waals surface area (Å²) in [6.07, 6.45) is -0.315. The molecule has 0 aromatic rings. The number of alkyl halides is 1. The summed E-state index contributed by atoms with van der Waals surface area (Å²) >= 11 is 3.01. The van der Waals surface area contributed by atoms with Crippen LogP contribution in [-0.2, 0) is 4.79 Å². The number of aliphatic hydroxyl groups is 1. The predicted molar refractivity (Wildman–Crippen MR) is 41.2 cm³/mol. The van der Waals surface area contributed by atoms with Crippen molar-refractivity contribution in [1.29, 1.82) is 0 Å². The Morgan fingerprint density at radius 1 is 1.70 bits per heavy atom. The number of aliphatic hydroxyl groups excluding tert-OH is 1. The molecule has 2 atom stereocenters. The molecule has 0 fully saturated rings. The van der Waals surface area contributed by atoms with E-state index in [1.54, 1.807) is 6.92 Å². The van der Waals surface area contributed by atoms with Gasteiger partial charge in [-0.1, -0.05) is 22.9 Å². The molecule has 3 nitrogen and oxygen atoms in total. The van der Waals surface area contributed by atoms with E-state index in [1.807, 2.05) is 0 Å². The molecule has 2 unspecified atom stereocenters. The average molecular weight is 211 g/mol. The Hall–Kier alpha value is -0.0900. The maximum atomic E-state index is 10.4. The van der Waals surface area contributed by atoms with Gasteiger partial charge in [-0.3, -0.25) is 4.79 Å². The van der Waals surface area contributed by atoms with E-state index >= 15 is 0 Å². The molecule has 2 N–H and O–H groups in total. The van der Waals surface area contributed by atoms with Crippen molar-refractivity contribution in [2.24, 2.45) is 5.92 Å². The van der Waals surface area contributed by atoms with Crippen LogP contribution in [0.5, 0.6) is 0 Å². The molecule has 0 aromatic heterocycles. The van der Waals surface area contributed by atoms with Gasteiger partial charge < -0.3 is 10.2 Å². The first-order chi connectivity index (χ1) is 4.63. The van der Waals surface area contributed by atoms with Gasteiger partial charge in [0.15, 0.2) is 0 Å². The molecule has 0 bridgehead atoms. The minimum atomic E-state index is -0.936. The number of carboxylic acids is 1. The molecule has 0 amide bonds. The van der Waals surface area contributed by atoms with Gasteiger partial charge in [0.2, 0.25) is 0 Å². The number of rotatable bonds is 4. The van der Waals surface area contributed by atoms with Crippen LogP contribution in [0, 0.1) is 5.92 Å². The third-order valence-corrected chi connectivity index (χ3v) is 2.04. The molecular formula is C6H11BrO3. The largest absolute Gasteiger partial charge is 0.481 e. The Kier molecular flexibility index (Phi) is 4.64. The minimum Gasteiger partial charge on any atom is -0.481 e. The van der Waals surface area contributed by atoms with E-state index in [-0.39, 0.29) is 0 Å². The highest BCUT2D eigenvalue weighted by Gasteiger charge is 2.22. The van der Waals surface area contributed by atoms with Gasteiger partial charge in [0, 0.05) is 5.33 Å². The highest BCUT2D eigenvalue weighted by atomic mass is 79.9. The zero-order valence-electron chi connectivity index (χ0n) is 5.75. The number of hydrogen-bond donors (Lipinski definition) is 2. The van der Waals surface area contributed by atoms with Crippen LogP contribution in [0.2, 0.25) is 0 Å². The van der Waals surface area contributed by atoms with Crippen LogP contribution in [0.25, 0.3) is 0 Å². The van der Waals surface area contributed by atoms with E-state index in [4.69, 9.17) is 10.2 Å². The summed E-state index contributed by atoms with van der Waals surface area (Å²) < 4.78 is 0. The van der Waals surface area contributed by atoms with Gasteiger partial charge in [-0.25, -0.2) is 0 Å². The first-order valence-electron chi connectivity index (χ1n) is 3.10. The van der Waals surface area contributed by atoms with E-state index in [9.17, 15) is 4.79 Å². The first-order valence-corrected chi connectivity index (χ1v) is 4.22. The lowest BCUT2D eigenvalue weighted by Crippen LogP contribution is -2.28. The van der Waals surface area contributed by atoms with Gasteiger partial charge >= 0.3 is 5.97 Å². The summed E-state index contributed by atoms with van der Waals surface area (Å²) in [5.74, 6) is -1.58. The van der Waals surface area contributed by atoms with E-state index < -0.39 is 18.0 Å². The van der Waals surface area contributed by atoms with Crippen LogP contribution in [0.15, 0.2) is 0 Å². The zero-order valence-corrected chi connectivity index (χ0v) is 7.34. The standard InChI is InChI=1S/C6H11BrO3/c1-2-4(6(9)10)5(8)3-7/h4-5,8H,2-3H2,1H3,(H,9,10). The molecule has 0 spiro atoms. The number of hydrogen-bond acceptors (Lipinski definition) is 2. The summed E-state index contributed by atoms with van der Waals surface area (Å²) in [7, 11) is 0. The summed E-state index contributed by atoms with van der Waals surface area (Å²) in [5.41, 5.74) is 0. The number of carbonyl (C=O) groups is 1. The van der Waals surface area contributed by atoms with Crippen molar-refractivity contribution in [3.63, 3.8) is 0 Å². The van der Waals surface area contributed by atoms with Crippen molar-refractivity contribution in [2.45, 2.75) is 19.4 Å². The molecule has 0 aromatic carbocycles. The van der Waals surface area contributed by atoms with Crippen molar-refractivity contribution in [3.05, 3.63) is 0 Å². The number of halogens is 1. The Morgan fingerprint density at radius 2 is 2.20 bits per heavy atom. The van der Waals surface area contributed by atoms with Gasteiger partial charge in [0.1, 0.15) is 0 Å². The van der Waals surface area contributed by atoms with Crippen molar-refractivity contribution in [1.82, 2.24) is 0 Å². The topological polar surface area (TPSA) is 57.5 Å². The maximum absolute atomic E-state index is 10.4. The third kappa shape index (κ3) is 2.66. The maximum Gasteiger partial charge on any atom is 0.309 e. The SMILES string of the molecule is CCC(C(=O)O)C(O)CBr. The summed E-state index contributed by atoms with van der Waals surface area (Å²) in [6, 6.07) is 0. The van der Waals surface area contributed by atoms with Gasteiger partial charge in [-0.15, -0.1) is 0 Å². The second-order valence-corrected chi connectivity index (χ2v) is 2.72. The average Bonchev–Trinajstić information content (AvgIpc) is 1.88. The van der Waals surface area contributed by atoms with E-state index in [0.717, 1.165) is 0 Å². The molecule has 0 radical (unpaired) electrons. The smallest absolute Gasteiger partial charge is 0.309 e. The Bertz CT molecular complexity index is 116. The highest BCUT2D eigenvalue weighted by Crippen LogP contribution is 2.10. The number of carboxylic acid groups (broad SMARTS) is 1. The molecule has 0 saturated carbocycles. The molecule has 0 rings (SSSR count). The quantitative estimate of drug-likeness (QED) is 0.678. The van der Waals surface area contributed by atoms with Crippen LogP contribution in [0.3, 0.4) is 0 Å². The molecule has 0 saturated heterocycles. The van der Waals surface area contributed by atoms with Crippen LogP contribution < -0.4 is 0 Å². The van der Waals surface area contributed by atoms with Crippen LogP contribution >= 0.6 is 15.9 Å². The molecule has 0 aliphatic heterocycles. The molecular weight excluding hydrogens is 200 g/mol. The van der Waals surface area contributed by atoms with Gasteiger partial charge in [0.25, 0.3) is 0 Å². The highest BCUT2D eigenvalue weighted by molar-refractivity contribution is 9.09. The van der Waals surface area contributed by atoms with E-state index in [0.29, 0.717) is 11.8 Å². The lowest BCUT2D eigenvalue weighted by atomic mass is 10.0. The normalized spacial score (nSPS) is 16.3. The van der Waals surface area contributed by atoms with Crippen LogP contribution in [0.4, 0.5) is 0 Å². The van der Waals surface area contributed by atoms with Gasteiger partial charge in [-0.05, 0) is 6.42 Å². The molecule has 4 heteroatoms. The zero-order chi connectivity index (χ0) is 8.15. The van der Waals surface area contributed by atoms with Crippen LogP contribution in [0.1, 0.15) is 13.3 Å². The fourth-order valence-electron chi connectivity index (χ4n) is 0.719. The van der Waals surface area contributed by atoms with Crippen molar-refractivity contribution in [3.8, 4) is 0 Å². The van der Waals surface area contributed by atoms with Gasteiger partial charge in [0.05, 0.1) is 12.0 Å². The van der Waals surface area contributed by atoms with E-state index in [2.05, 4.69) is 15.9 Å². The Morgan fingerprint density at radius 3 is 2.30 bits per heavy atom. The molecule has 10 heavy (non-hydrogen) atoms. The Balaban J connectivity index is 3.92. The van der Waals surface area contributed by atoms with Crippen molar-refractivity contribution in [2.75, 3.05) is 5.33 Å². The second-order valence-electron chi connectivity index (χ2n) is 2.07. The lowest BCUT2D eigenvalue weighted by molar-refractivity contribution is -0.145. The molecule has 0 aliphatic carbocycles. The summed E-state index contributed by atoms with van der Waals surface area (Å²) in [6.45, 7) is 1.74. The monoisotopic (exact) mass is 210 g/mol. The second kappa shape index (κ2) is 4.68. The number of aliphatic carboxylic acids is 1. The molecule has 0 aliphatic rings.